The Balaban J connectivity index is 1.34. The van der Waals surface area contributed by atoms with Crippen molar-refractivity contribution in [3.63, 3.8) is 0 Å². The molecule has 0 N–H and O–H groups in total. The van der Waals surface area contributed by atoms with E-state index >= 15 is 0 Å². The first-order valence-electron chi connectivity index (χ1n) is 10.1. The molecule has 2 aliphatic rings. The van der Waals surface area contributed by atoms with Gasteiger partial charge in [0.25, 0.3) is 5.56 Å². The van der Waals surface area contributed by atoms with E-state index in [-0.39, 0.29) is 11.5 Å². The van der Waals surface area contributed by atoms with E-state index in [1.165, 1.54) is 0 Å². The van der Waals surface area contributed by atoms with Crippen LogP contribution in [0.1, 0.15) is 32.1 Å². The molecule has 0 bridgehead atoms. The van der Waals surface area contributed by atoms with E-state index in [4.69, 9.17) is 0 Å². The van der Waals surface area contributed by atoms with Gasteiger partial charge in [0.1, 0.15) is 0 Å². The number of amides is 1. The van der Waals surface area contributed by atoms with Gasteiger partial charge < -0.3 is 4.90 Å². The highest BCUT2D eigenvalue weighted by molar-refractivity contribution is 5.79. The molecule has 0 spiro atoms. The molecule has 6 heteroatoms. The van der Waals surface area contributed by atoms with Gasteiger partial charge in [0.2, 0.25) is 5.91 Å². The van der Waals surface area contributed by atoms with Gasteiger partial charge in [-0.25, -0.2) is 4.98 Å². The van der Waals surface area contributed by atoms with Gasteiger partial charge in [0.05, 0.1) is 12.0 Å². The van der Waals surface area contributed by atoms with Crippen LogP contribution in [-0.2, 0) is 11.3 Å². The van der Waals surface area contributed by atoms with Crippen molar-refractivity contribution in [1.82, 2.24) is 19.4 Å². The van der Waals surface area contributed by atoms with Crippen LogP contribution in [0, 0.1) is 11.8 Å². The summed E-state index contributed by atoms with van der Waals surface area (Å²) in [6.45, 7) is 2.25. The lowest BCUT2D eigenvalue weighted by Crippen LogP contribution is -2.43. The quantitative estimate of drug-likeness (QED) is 0.767. The second kappa shape index (κ2) is 8.50. The molecule has 0 radical (unpaired) electrons. The lowest BCUT2D eigenvalue weighted by Gasteiger charge is -2.34. The normalized spacial score (nSPS) is 20.3. The van der Waals surface area contributed by atoms with Gasteiger partial charge in [-0.05, 0) is 50.2 Å². The summed E-state index contributed by atoms with van der Waals surface area (Å²) in [5.74, 6) is 0.874. The lowest BCUT2D eigenvalue weighted by molar-refractivity contribution is -0.137. The van der Waals surface area contributed by atoms with Crippen LogP contribution in [0.3, 0.4) is 0 Å². The summed E-state index contributed by atoms with van der Waals surface area (Å²) < 4.78 is 1.69. The van der Waals surface area contributed by atoms with E-state index < -0.39 is 0 Å². The second-order valence-corrected chi connectivity index (χ2v) is 7.75. The number of carbonyl (C=O) groups is 1. The van der Waals surface area contributed by atoms with E-state index in [1.54, 1.807) is 29.4 Å². The molecule has 1 atom stereocenters. The van der Waals surface area contributed by atoms with Crippen LogP contribution in [0.15, 0.2) is 53.9 Å². The highest BCUT2D eigenvalue weighted by atomic mass is 16.2. The number of aromatic nitrogens is 3. The number of hydrogen-bond acceptors (Lipinski definition) is 4. The number of piperidine rings is 1. The van der Waals surface area contributed by atoms with Crippen LogP contribution in [0.4, 0.5) is 0 Å². The number of rotatable bonds is 4. The maximum atomic E-state index is 12.7. The minimum atomic E-state index is -0.0330. The molecule has 0 aromatic carbocycles. The maximum Gasteiger partial charge on any atom is 0.253 e. The molecule has 4 rings (SSSR count). The van der Waals surface area contributed by atoms with Crippen LogP contribution in [0.2, 0.25) is 0 Å². The van der Waals surface area contributed by atoms with E-state index in [0.29, 0.717) is 24.1 Å². The molecule has 146 valence electrons. The predicted octanol–water partition coefficient (Wildman–Crippen LogP) is 2.90. The molecule has 1 fully saturated rings. The zero-order valence-electron chi connectivity index (χ0n) is 16.0. The Kier molecular flexibility index (Phi) is 5.65. The Morgan fingerprint density at radius 1 is 1.11 bits per heavy atom. The van der Waals surface area contributed by atoms with E-state index in [2.05, 4.69) is 22.1 Å². The molecule has 1 amide bonds. The molecule has 1 aliphatic heterocycles. The smallest absolute Gasteiger partial charge is 0.253 e. The Hall–Kier alpha value is -2.76. The average Bonchev–Trinajstić information content (AvgIpc) is 2.76. The number of carbonyl (C=O) groups excluding carboxylic acids is 1. The number of hydrogen-bond donors (Lipinski definition) is 0. The minimum Gasteiger partial charge on any atom is -0.342 e. The molecule has 6 nitrogen and oxygen atoms in total. The van der Waals surface area contributed by atoms with Crippen molar-refractivity contribution >= 4 is 5.91 Å². The minimum absolute atomic E-state index is 0.0330. The first-order valence-corrected chi connectivity index (χ1v) is 10.1. The standard InChI is InChI=1S/C22H26N4O2/c27-21-14-20(18-6-10-23-11-7-18)24-16-26(21)15-17-8-12-25(13-9-17)22(28)19-4-2-1-3-5-19/h1-2,6-7,10-11,14,16-17,19H,3-5,8-9,12-13,15H2. The molecular weight excluding hydrogens is 352 g/mol. The first-order chi connectivity index (χ1) is 13.7. The van der Waals surface area contributed by atoms with E-state index in [0.717, 1.165) is 50.8 Å². The third-order valence-electron chi connectivity index (χ3n) is 5.85. The van der Waals surface area contributed by atoms with Gasteiger partial charge in [0.15, 0.2) is 0 Å². The fraction of sp³-hybridized carbons (Fsp3) is 0.455. The van der Waals surface area contributed by atoms with E-state index in [1.807, 2.05) is 17.0 Å². The molecule has 3 heterocycles. The SMILES string of the molecule is O=C(C1CC=CCC1)N1CCC(Cn2cnc(-c3ccncc3)cc2=O)CC1. The summed E-state index contributed by atoms with van der Waals surface area (Å²) in [7, 11) is 0. The van der Waals surface area contributed by atoms with Crippen LogP contribution < -0.4 is 5.56 Å². The monoisotopic (exact) mass is 378 g/mol. The van der Waals surface area contributed by atoms with Crippen molar-refractivity contribution in [2.24, 2.45) is 11.8 Å². The van der Waals surface area contributed by atoms with Crippen molar-refractivity contribution in [2.75, 3.05) is 13.1 Å². The maximum absolute atomic E-state index is 12.7. The summed E-state index contributed by atoms with van der Waals surface area (Å²) in [4.78, 5) is 35.6. The second-order valence-electron chi connectivity index (χ2n) is 7.75. The highest BCUT2D eigenvalue weighted by Crippen LogP contribution is 2.25. The van der Waals surface area contributed by atoms with Gasteiger partial charge in [-0.3, -0.25) is 19.1 Å². The number of likely N-dealkylation sites (tertiary alicyclic amines) is 1. The summed E-state index contributed by atoms with van der Waals surface area (Å²) in [6.07, 6.45) is 14.1. The molecule has 0 saturated carbocycles. The molecule has 2 aromatic heterocycles. The van der Waals surface area contributed by atoms with Crippen LogP contribution in [-0.4, -0.2) is 38.4 Å². The fourth-order valence-electron chi connectivity index (χ4n) is 4.13. The molecular formula is C22H26N4O2. The van der Waals surface area contributed by atoms with Crippen LogP contribution in [0.25, 0.3) is 11.3 Å². The van der Waals surface area contributed by atoms with Crippen molar-refractivity contribution < 1.29 is 4.79 Å². The van der Waals surface area contributed by atoms with Gasteiger partial charge >= 0.3 is 0 Å². The molecule has 1 aliphatic carbocycles. The summed E-state index contributed by atoms with van der Waals surface area (Å²) in [5, 5.41) is 0. The zero-order chi connectivity index (χ0) is 19.3. The number of nitrogens with zero attached hydrogens (tertiary/aromatic N) is 4. The summed E-state index contributed by atoms with van der Waals surface area (Å²) in [6, 6.07) is 5.28. The Morgan fingerprint density at radius 3 is 2.57 bits per heavy atom. The third kappa shape index (κ3) is 4.21. The Labute approximate surface area is 164 Å². The van der Waals surface area contributed by atoms with Crippen molar-refractivity contribution in [3.05, 3.63) is 59.4 Å². The van der Waals surface area contributed by atoms with Crippen molar-refractivity contribution in [3.8, 4) is 11.3 Å². The molecule has 2 aromatic rings. The largest absolute Gasteiger partial charge is 0.342 e. The Morgan fingerprint density at radius 2 is 1.89 bits per heavy atom. The molecule has 1 unspecified atom stereocenters. The zero-order valence-corrected chi connectivity index (χ0v) is 16.0. The lowest BCUT2D eigenvalue weighted by atomic mass is 9.91. The van der Waals surface area contributed by atoms with Gasteiger partial charge in [-0.1, -0.05) is 12.2 Å². The van der Waals surface area contributed by atoms with E-state index in [9.17, 15) is 9.59 Å². The molecule has 1 saturated heterocycles. The van der Waals surface area contributed by atoms with Crippen LogP contribution in [0.5, 0.6) is 0 Å². The van der Waals surface area contributed by atoms with Gasteiger partial charge in [0, 0.05) is 49.6 Å². The number of allylic oxidation sites excluding steroid dienone is 2. The van der Waals surface area contributed by atoms with Gasteiger partial charge in [-0.2, -0.15) is 0 Å². The van der Waals surface area contributed by atoms with Crippen LogP contribution >= 0.6 is 0 Å². The van der Waals surface area contributed by atoms with Crippen molar-refractivity contribution in [2.45, 2.75) is 38.6 Å². The topological polar surface area (TPSA) is 68.1 Å². The first kappa shape index (κ1) is 18.6. The fourth-order valence-corrected chi connectivity index (χ4v) is 4.13. The summed E-state index contributed by atoms with van der Waals surface area (Å²) in [5.41, 5.74) is 1.53. The van der Waals surface area contributed by atoms with Gasteiger partial charge in [-0.15, -0.1) is 0 Å². The average molecular weight is 378 g/mol. The molecule has 28 heavy (non-hydrogen) atoms. The number of pyridine rings is 1. The summed E-state index contributed by atoms with van der Waals surface area (Å²) >= 11 is 0. The Bertz CT molecular complexity index is 898. The van der Waals surface area contributed by atoms with Crippen molar-refractivity contribution in [1.29, 1.82) is 0 Å². The highest BCUT2D eigenvalue weighted by Gasteiger charge is 2.28. The third-order valence-corrected chi connectivity index (χ3v) is 5.85. The predicted molar refractivity (Wildman–Crippen MR) is 108 cm³/mol.